The average molecular weight is 234 g/mol. The fourth-order valence-corrected chi connectivity index (χ4v) is 2.21. The van der Waals surface area contributed by atoms with Crippen LogP contribution in [0.3, 0.4) is 0 Å². The normalized spacial score (nSPS) is 21.4. The smallest absolute Gasteiger partial charge is 0.196 e. The monoisotopic (exact) mass is 234 g/mol. The number of rotatable bonds is 4. The molecule has 2 heterocycles. The molecule has 1 aliphatic heterocycles. The third-order valence-corrected chi connectivity index (χ3v) is 3.15. The van der Waals surface area contributed by atoms with E-state index in [-0.39, 0.29) is 5.78 Å². The van der Waals surface area contributed by atoms with Crippen LogP contribution in [0.25, 0.3) is 0 Å². The molecule has 0 radical (unpaired) electrons. The number of nitrogens with two attached hydrogens (primary N) is 1. The number of likely N-dealkylation sites (tertiary alicyclic amines) is 1. The summed E-state index contributed by atoms with van der Waals surface area (Å²) < 4.78 is 0. The van der Waals surface area contributed by atoms with Gasteiger partial charge in [-0.05, 0) is 31.8 Å². The number of ketones is 1. The van der Waals surface area contributed by atoms with E-state index in [2.05, 4.69) is 14.9 Å². The van der Waals surface area contributed by atoms with Crippen molar-refractivity contribution in [2.75, 3.05) is 26.2 Å². The van der Waals surface area contributed by atoms with Crippen molar-refractivity contribution in [3.05, 3.63) is 24.3 Å². The van der Waals surface area contributed by atoms with E-state index in [0.717, 1.165) is 19.5 Å². The molecular formula is C12H18N4O. The van der Waals surface area contributed by atoms with Gasteiger partial charge in [-0.2, -0.15) is 0 Å². The van der Waals surface area contributed by atoms with Crippen LogP contribution in [0.2, 0.25) is 0 Å². The molecule has 1 saturated heterocycles. The number of hydrogen-bond acceptors (Lipinski definition) is 5. The Hall–Kier alpha value is -1.33. The van der Waals surface area contributed by atoms with Gasteiger partial charge in [0.15, 0.2) is 5.78 Å². The first-order valence-electron chi connectivity index (χ1n) is 6.01. The molecule has 2 N–H and O–H groups in total. The van der Waals surface area contributed by atoms with Crippen LogP contribution in [0.1, 0.15) is 23.3 Å². The predicted molar refractivity (Wildman–Crippen MR) is 64.6 cm³/mol. The van der Waals surface area contributed by atoms with Gasteiger partial charge in [0.2, 0.25) is 0 Å². The van der Waals surface area contributed by atoms with E-state index >= 15 is 0 Å². The highest BCUT2D eigenvalue weighted by Crippen LogP contribution is 2.15. The number of nitrogens with zero attached hydrogens (tertiary/aromatic N) is 3. The van der Waals surface area contributed by atoms with E-state index in [1.807, 2.05) is 0 Å². The summed E-state index contributed by atoms with van der Waals surface area (Å²) in [4.78, 5) is 22.0. The van der Waals surface area contributed by atoms with Crippen molar-refractivity contribution >= 4 is 5.78 Å². The quantitative estimate of drug-likeness (QED) is 0.760. The third-order valence-electron chi connectivity index (χ3n) is 3.15. The fraction of sp³-hybridized carbons (Fsp3) is 0.583. The Labute approximate surface area is 101 Å². The summed E-state index contributed by atoms with van der Waals surface area (Å²) in [5.74, 6) is 0.564. The van der Waals surface area contributed by atoms with Crippen molar-refractivity contribution in [3.63, 3.8) is 0 Å². The number of aromatic nitrogens is 2. The standard InChI is InChI=1S/C12H18N4O/c13-6-10-2-1-5-16(8-10)9-12(17)11-7-14-3-4-15-11/h3-4,7,10H,1-2,5-6,8-9,13H2. The van der Waals surface area contributed by atoms with Gasteiger partial charge < -0.3 is 5.73 Å². The molecule has 92 valence electrons. The molecule has 0 aromatic carbocycles. The molecule has 0 spiro atoms. The molecule has 0 amide bonds. The van der Waals surface area contributed by atoms with Crippen LogP contribution in [0.5, 0.6) is 0 Å². The minimum absolute atomic E-state index is 0.0378. The van der Waals surface area contributed by atoms with Gasteiger partial charge >= 0.3 is 0 Å². The van der Waals surface area contributed by atoms with Crippen LogP contribution in [-0.4, -0.2) is 46.8 Å². The summed E-state index contributed by atoms with van der Waals surface area (Å²) in [7, 11) is 0. The summed E-state index contributed by atoms with van der Waals surface area (Å²) >= 11 is 0. The van der Waals surface area contributed by atoms with Crippen LogP contribution in [0.15, 0.2) is 18.6 Å². The van der Waals surface area contributed by atoms with E-state index in [1.165, 1.54) is 12.6 Å². The Morgan fingerprint density at radius 3 is 3.12 bits per heavy atom. The van der Waals surface area contributed by atoms with Crippen molar-refractivity contribution in [2.45, 2.75) is 12.8 Å². The first-order chi connectivity index (χ1) is 8.29. The lowest BCUT2D eigenvalue weighted by atomic mass is 9.98. The maximum atomic E-state index is 11.9. The number of carbonyl (C=O) groups is 1. The van der Waals surface area contributed by atoms with Crippen LogP contribution < -0.4 is 5.73 Å². The third kappa shape index (κ3) is 3.31. The van der Waals surface area contributed by atoms with Crippen molar-refractivity contribution in [2.24, 2.45) is 11.7 Å². The number of piperidine rings is 1. The zero-order valence-electron chi connectivity index (χ0n) is 9.88. The molecule has 17 heavy (non-hydrogen) atoms. The van der Waals surface area contributed by atoms with Crippen molar-refractivity contribution < 1.29 is 4.79 Å². The highest BCUT2D eigenvalue weighted by Gasteiger charge is 2.21. The Morgan fingerprint density at radius 2 is 2.41 bits per heavy atom. The Kier molecular flexibility index (Phi) is 4.17. The second kappa shape index (κ2) is 5.84. The van der Waals surface area contributed by atoms with Gasteiger partial charge in [0, 0.05) is 18.9 Å². The minimum atomic E-state index is 0.0378. The average Bonchev–Trinajstić information content (AvgIpc) is 2.40. The molecule has 2 rings (SSSR count). The first-order valence-corrected chi connectivity index (χ1v) is 6.01. The predicted octanol–water partition coefficient (Wildman–Crippen LogP) is 0.330. The molecule has 0 saturated carbocycles. The van der Waals surface area contributed by atoms with Crippen molar-refractivity contribution in [1.29, 1.82) is 0 Å². The van der Waals surface area contributed by atoms with E-state index in [1.54, 1.807) is 12.4 Å². The largest absolute Gasteiger partial charge is 0.330 e. The van der Waals surface area contributed by atoms with E-state index in [9.17, 15) is 4.79 Å². The van der Waals surface area contributed by atoms with Crippen LogP contribution >= 0.6 is 0 Å². The van der Waals surface area contributed by atoms with Crippen LogP contribution in [-0.2, 0) is 0 Å². The molecule has 1 aromatic rings. The van der Waals surface area contributed by atoms with Crippen LogP contribution in [0.4, 0.5) is 0 Å². The van der Waals surface area contributed by atoms with Gasteiger partial charge in [-0.3, -0.25) is 14.7 Å². The lowest BCUT2D eigenvalue weighted by Crippen LogP contribution is -2.41. The Balaban J connectivity index is 1.90. The Morgan fingerprint density at radius 1 is 1.53 bits per heavy atom. The highest BCUT2D eigenvalue weighted by molar-refractivity contribution is 5.95. The van der Waals surface area contributed by atoms with Crippen molar-refractivity contribution in [1.82, 2.24) is 14.9 Å². The Bertz CT molecular complexity index is 368. The van der Waals surface area contributed by atoms with E-state index in [0.29, 0.717) is 24.7 Å². The molecule has 5 heteroatoms. The van der Waals surface area contributed by atoms with Gasteiger partial charge in [0.05, 0.1) is 12.7 Å². The molecule has 1 atom stereocenters. The zero-order chi connectivity index (χ0) is 12.1. The molecule has 5 nitrogen and oxygen atoms in total. The minimum Gasteiger partial charge on any atom is -0.330 e. The van der Waals surface area contributed by atoms with Crippen molar-refractivity contribution in [3.8, 4) is 0 Å². The second-order valence-corrected chi connectivity index (χ2v) is 4.49. The fourth-order valence-electron chi connectivity index (χ4n) is 2.21. The topological polar surface area (TPSA) is 72.1 Å². The molecule has 1 aliphatic rings. The van der Waals surface area contributed by atoms with Crippen LogP contribution in [0, 0.1) is 5.92 Å². The molecule has 0 aliphatic carbocycles. The molecule has 1 fully saturated rings. The maximum absolute atomic E-state index is 11.9. The van der Waals surface area contributed by atoms with Gasteiger partial charge in [-0.15, -0.1) is 0 Å². The van der Waals surface area contributed by atoms with Gasteiger partial charge in [-0.1, -0.05) is 0 Å². The summed E-state index contributed by atoms with van der Waals surface area (Å²) in [6.07, 6.45) is 6.93. The lowest BCUT2D eigenvalue weighted by Gasteiger charge is -2.31. The molecule has 0 bridgehead atoms. The van der Waals surface area contributed by atoms with Gasteiger partial charge in [-0.25, -0.2) is 4.98 Å². The number of Topliss-reactive ketones (excluding diaryl/α,β-unsaturated/α-hetero) is 1. The van der Waals surface area contributed by atoms with Gasteiger partial charge in [0.25, 0.3) is 0 Å². The number of carbonyl (C=O) groups excluding carboxylic acids is 1. The van der Waals surface area contributed by atoms with E-state index < -0.39 is 0 Å². The molecule has 1 aromatic heterocycles. The molecular weight excluding hydrogens is 216 g/mol. The summed E-state index contributed by atoms with van der Waals surface area (Å²) in [6.45, 7) is 3.02. The lowest BCUT2D eigenvalue weighted by molar-refractivity contribution is 0.0884. The highest BCUT2D eigenvalue weighted by atomic mass is 16.1. The zero-order valence-corrected chi connectivity index (χ0v) is 9.88. The maximum Gasteiger partial charge on any atom is 0.196 e. The first kappa shape index (κ1) is 12.1. The second-order valence-electron chi connectivity index (χ2n) is 4.49. The van der Waals surface area contributed by atoms with Gasteiger partial charge in [0.1, 0.15) is 5.69 Å². The molecule has 1 unspecified atom stereocenters. The summed E-state index contributed by atoms with van der Waals surface area (Å²) in [5.41, 5.74) is 6.12. The summed E-state index contributed by atoms with van der Waals surface area (Å²) in [5, 5.41) is 0. The number of hydrogen-bond donors (Lipinski definition) is 1. The summed E-state index contributed by atoms with van der Waals surface area (Å²) in [6, 6.07) is 0. The SMILES string of the molecule is NCC1CCCN(CC(=O)c2cnccn2)C1. The van der Waals surface area contributed by atoms with E-state index in [4.69, 9.17) is 5.73 Å².